The molecule has 0 radical (unpaired) electrons. The summed E-state index contributed by atoms with van der Waals surface area (Å²) in [5.74, 6) is 1.80. The van der Waals surface area contributed by atoms with Gasteiger partial charge in [-0.1, -0.05) is 38.3 Å². The average molecular weight is 260 g/mol. The Kier molecular flexibility index (Phi) is 5.00. The molecule has 1 unspecified atom stereocenters. The first-order chi connectivity index (χ1) is 9.20. The van der Waals surface area contributed by atoms with Crippen molar-refractivity contribution in [3.63, 3.8) is 0 Å². The highest BCUT2D eigenvalue weighted by atomic mass is 16.5. The van der Waals surface area contributed by atoms with Gasteiger partial charge in [-0.2, -0.15) is 0 Å². The van der Waals surface area contributed by atoms with E-state index in [4.69, 9.17) is 4.74 Å². The van der Waals surface area contributed by atoms with E-state index in [1.54, 1.807) is 7.11 Å². The maximum Gasteiger partial charge on any atom is 0.139 e. The summed E-state index contributed by atoms with van der Waals surface area (Å²) in [7, 11) is 1.67. The molecule has 0 aliphatic heterocycles. The quantitative estimate of drug-likeness (QED) is 0.799. The molecule has 1 atom stereocenters. The molecule has 1 aliphatic carbocycles. The SMILES string of the molecule is COc1ccc(CC(C)C(=O)C2CCCCC2)cc1. The van der Waals surface area contributed by atoms with Gasteiger partial charge in [-0.05, 0) is 37.0 Å². The standard InChI is InChI=1S/C17H24O2/c1-13(17(18)15-6-4-3-5-7-15)12-14-8-10-16(19-2)11-9-14/h8-11,13,15H,3-7,12H2,1-2H3. The first-order valence-electron chi connectivity index (χ1n) is 7.37. The maximum atomic E-state index is 12.4. The van der Waals surface area contributed by atoms with Crippen LogP contribution in [-0.2, 0) is 11.2 Å². The van der Waals surface area contributed by atoms with Crippen LogP contribution in [0.3, 0.4) is 0 Å². The Morgan fingerprint density at radius 3 is 2.42 bits per heavy atom. The van der Waals surface area contributed by atoms with E-state index in [1.807, 2.05) is 12.1 Å². The fourth-order valence-electron chi connectivity index (χ4n) is 3.01. The van der Waals surface area contributed by atoms with Crippen molar-refractivity contribution in [1.29, 1.82) is 0 Å². The van der Waals surface area contributed by atoms with E-state index in [9.17, 15) is 4.79 Å². The smallest absolute Gasteiger partial charge is 0.139 e. The number of hydrogen-bond acceptors (Lipinski definition) is 2. The Balaban J connectivity index is 1.91. The van der Waals surface area contributed by atoms with E-state index in [1.165, 1.54) is 24.8 Å². The number of benzene rings is 1. The van der Waals surface area contributed by atoms with Crippen LogP contribution < -0.4 is 4.74 Å². The normalized spacial score (nSPS) is 18.0. The molecule has 0 amide bonds. The lowest BCUT2D eigenvalue weighted by molar-refractivity contribution is -0.127. The van der Waals surface area contributed by atoms with Gasteiger partial charge in [0.05, 0.1) is 7.11 Å². The van der Waals surface area contributed by atoms with Gasteiger partial charge in [0.2, 0.25) is 0 Å². The van der Waals surface area contributed by atoms with Crippen LogP contribution in [-0.4, -0.2) is 12.9 Å². The zero-order valence-electron chi connectivity index (χ0n) is 12.0. The van der Waals surface area contributed by atoms with Gasteiger partial charge in [0, 0.05) is 11.8 Å². The van der Waals surface area contributed by atoms with Crippen LogP contribution in [0.2, 0.25) is 0 Å². The Morgan fingerprint density at radius 2 is 1.84 bits per heavy atom. The van der Waals surface area contributed by atoms with Crippen LogP contribution in [0.25, 0.3) is 0 Å². The Hall–Kier alpha value is -1.31. The number of ether oxygens (including phenoxy) is 1. The molecule has 0 aromatic heterocycles. The molecule has 1 saturated carbocycles. The van der Waals surface area contributed by atoms with Gasteiger partial charge in [-0.15, -0.1) is 0 Å². The summed E-state index contributed by atoms with van der Waals surface area (Å²) in [4.78, 5) is 12.4. The highest BCUT2D eigenvalue weighted by Gasteiger charge is 2.25. The van der Waals surface area contributed by atoms with E-state index in [2.05, 4.69) is 19.1 Å². The zero-order chi connectivity index (χ0) is 13.7. The van der Waals surface area contributed by atoms with E-state index in [0.717, 1.165) is 25.0 Å². The molecule has 0 saturated heterocycles. The van der Waals surface area contributed by atoms with Crippen LogP contribution >= 0.6 is 0 Å². The molecule has 1 aromatic rings. The predicted octanol–water partition coefficient (Wildman–Crippen LogP) is 4.02. The first-order valence-corrected chi connectivity index (χ1v) is 7.37. The molecular weight excluding hydrogens is 236 g/mol. The largest absolute Gasteiger partial charge is 0.497 e. The number of hydrogen-bond donors (Lipinski definition) is 0. The maximum absolute atomic E-state index is 12.4. The number of carbonyl (C=O) groups excluding carboxylic acids is 1. The van der Waals surface area contributed by atoms with Crippen molar-refractivity contribution in [3.05, 3.63) is 29.8 Å². The van der Waals surface area contributed by atoms with E-state index >= 15 is 0 Å². The third kappa shape index (κ3) is 3.82. The minimum absolute atomic E-state index is 0.136. The molecule has 0 bridgehead atoms. The van der Waals surface area contributed by atoms with Crippen molar-refractivity contribution in [2.24, 2.45) is 11.8 Å². The molecule has 2 nitrogen and oxygen atoms in total. The highest BCUT2D eigenvalue weighted by Crippen LogP contribution is 2.27. The summed E-state index contributed by atoms with van der Waals surface area (Å²) in [6.45, 7) is 2.07. The van der Waals surface area contributed by atoms with Gasteiger partial charge in [0.25, 0.3) is 0 Å². The topological polar surface area (TPSA) is 26.3 Å². The van der Waals surface area contributed by atoms with Crippen molar-refractivity contribution >= 4 is 5.78 Å². The average Bonchev–Trinajstić information content (AvgIpc) is 2.48. The second-order valence-corrected chi connectivity index (χ2v) is 5.69. The zero-order valence-corrected chi connectivity index (χ0v) is 12.0. The third-order valence-electron chi connectivity index (χ3n) is 4.19. The van der Waals surface area contributed by atoms with Gasteiger partial charge >= 0.3 is 0 Å². The minimum Gasteiger partial charge on any atom is -0.497 e. The molecule has 1 fully saturated rings. The summed E-state index contributed by atoms with van der Waals surface area (Å²) < 4.78 is 5.15. The van der Waals surface area contributed by atoms with E-state index in [-0.39, 0.29) is 5.92 Å². The Morgan fingerprint density at radius 1 is 1.21 bits per heavy atom. The predicted molar refractivity (Wildman–Crippen MR) is 77.4 cm³/mol. The van der Waals surface area contributed by atoms with Crippen LogP contribution in [0.4, 0.5) is 0 Å². The number of carbonyl (C=O) groups is 1. The summed E-state index contributed by atoms with van der Waals surface area (Å²) in [5.41, 5.74) is 1.22. The fraction of sp³-hybridized carbons (Fsp3) is 0.588. The molecule has 0 N–H and O–H groups in total. The van der Waals surface area contributed by atoms with Gasteiger partial charge in [-0.3, -0.25) is 4.79 Å². The van der Waals surface area contributed by atoms with Crippen LogP contribution in [0.1, 0.15) is 44.6 Å². The molecule has 0 spiro atoms. The number of ketones is 1. The third-order valence-corrected chi connectivity index (χ3v) is 4.19. The van der Waals surface area contributed by atoms with E-state index in [0.29, 0.717) is 11.7 Å². The molecular formula is C17H24O2. The summed E-state index contributed by atoms with van der Waals surface area (Å²) >= 11 is 0. The first kappa shape index (κ1) is 14.1. The lowest BCUT2D eigenvalue weighted by Gasteiger charge is -2.23. The van der Waals surface area contributed by atoms with E-state index < -0.39 is 0 Å². The van der Waals surface area contributed by atoms with Crippen molar-refractivity contribution in [2.45, 2.75) is 45.4 Å². The van der Waals surface area contributed by atoms with Crippen LogP contribution in [0.5, 0.6) is 5.75 Å². The summed E-state index contributed by atoms with van der Waals surface area (Å²) in [5, 5.41) is 0. The molecule has 104 valence electrons. The molecule has 0 heterocycles. The van der Waals surface area contributed by atoms with Crippen molar-refractivity contribution in [1.82, 2.24) is 0 Å². The summed E-state index contributed by atoms with van der Waals surface area (Å²) in [6, 6.07) is 8.05. The lowest BCUT2D eigenvalue weighted by atomic mass is 9.80. The summed E-state index contributed by atoms with van der Waals surface area (Å²) in [6.07, 6.45) is 6.81. The lowest BCUT2D eigenvalue weighted by Crippen LogP contribution is -2.25. The van der Waals surface area contributed by atoms with Gasteiger partial charge in [0.1, 0.15) is 11.5 Å². The minimum atomic E-state index is 0.136. The Labute approximate surface area is 116 Å². The second kappa shape index (κ2) is 6.74. The van der Waals surface area contributed by atoms with Crippen LogP contribution in [0.15, 0.2) is 24.3 Å². The van der Waals surface area contributed by atoms with Crippen molar-refractivity contribution in [2.75, 3.05) is 7.11 Å². The number of Topliss-reactive ketones (excluding diaryl/α,β-unsaturated/α-hetero) is 1. The number of rotatable bonds is 5. The van der Waals surface area contributed by atoms with Gasteiger partial charge in [-0.25, -0.2) is 0 Å². The van der Waals surface area contributed by atoms with Gasteiger partial charge < -0.3 is 4.74 Å². The molecule has 19 heavy (non-hydrogen) atoms. The second-order valence-electron chi connectivity index (χ2n) is 5.69. The number of methoxy groups -OCH3 is 1. The van der Waals surface area contributed by atoms with Crippen molar-refractivity contribution < 1.29 is 9.53 Å². The monoisotopic (exact) mass is 260 g/mol. The van der Waals surface area contributed by atoms with Crippen molar-refractivity contribution in [3.8, 4) is 5.75 Å². The molecule has 1 aromatic carbocycles. The molecule has 2 heteroatoms. The molecule has 1 aliphatic rings. The fourth-order valence-corrected chi connectivity index (χ4v) is 3.01. The highest BCUT2D eigenvalue weighted by molar-refractivity contribution is 5.83. The van der Waals surface area contributed by atoms with Gasteiger partial charge in [0.15, 0.2) is 0 Å². The van der Waals surface area contributed by atoms with Crippen LogP contribution in [0, 0.1) is 11.8 Å². The Bertz CT molecular complexity index is 402. The molecule has 2 rings (SSSR count).